The van der Waals surface area contributed by atoms with E-state index < -0.39 is 4.92 Å². The van der Waals surface area contributed by atoms with E-state index in [9.17, 15) is 10.1 Å². The van der Waals surface area contributed by atoms with Crippen LogP contribution in [0, 0.1) is 10.1 Å². The van der Waals surface area contributed by atoms with Crippen LogP contribution in [0.15, 0.2) is 60.0 Å². The van der Waals surface area contributed by atoms with Crippen molar-refractivity contribution in [3.05, 3.63) is 70.5 Å². The molecule has 120 valence electrons. The van der Waals surface area contributed by atoms with Crippen molar-refractivity contribution in [2.45, 2.75) is 6.92 Å². The summed E-state index contributed by atoms with van der Waals surface area (Å²) < 4.78 is 1.53. The normalized spacial score (nSPS) is 11.3. The minimum atomic E-state index is -0.453. The molecule has 0 aliphatic rings. The van der Waals surface area contributed by atoms with Gasteiger partial charge in [-0.1, -0.05) is 24.3 Å². The number of nitrogens with zero attached hydrogens (tertiary/aromatic N) is 6. The van der Waals surface area contributed by atoms with Crippen molar-refractivity contribution in [3.8, 4) is 5.69 Å². The van der Waals surface area contributed by atoms with Gasteiger partial charge in [-0.3, -0.25) is 15.5 Å². The fourth-order valence-corrected chi connectivity index (χ4v) is 2.09. The Hall–Kier alpha value is -3.62. The first kappa shape index (κ1) is 15.3. The first-order valence-corrected chi connectivity index (χ1v) is 7.02. The number of aromatic nitrogens is 4. The van der Waals surface area contributed by atoms with Gasteiger partial charge in [-0.25, -0.2) is 4.68 Å². The van der Waals surface area contributed by atoms with Gasteiger partial charge in [0, 0.05) is 6.07 Å². The lowest BCUT2D eigenvalue weighted by molar-refractivity contribution is -0.384. The van der Waals surface area contributed by atoms with E-state index in [0.29, 0.717) is 11.4 Å². The van der Waals surface area contributed by atoms with Crippen LogP contribution < -0.4 is 5.43 Å². The summed E-state index contributed by atoms with van der Waals surface area (Å²) >= 11 is 0. The maximum atomic E-state index is 11.0. The van der Waals surface area contributed by atoms with Crippen molar-refractivity contribution in [2.24, 2.45) is 5.10 Å². The number of para-hydroxylation sites is 2. The minimum absolute atomic E-state index is 0.0310. The summed E-state index contributed by atoms with van der Waals surface area (Å²) in [6, 6.07) is 13.8. The monoisotopic (exact) mass is 323 g/mol. The van der Waals surface area contributed by atoms with Gasteiger partial charge in [0.1, 0.15) is 12.0 Å². The van der Waals surface area contributed by atoms with Crippen molar-refractivity contribution >= 4 is 17.1 Å². The Kier molecular flexibility index (Phi) is 4.23. The fraction of sp³-hybridized carbons (Fsp3) is 0.0667. The zero-order valence-corrected chi connectivity index (χ0v) is 12.7. The third-order valence-electron chi connectivity index (χ3n) is 3.32. The Morgan fingerprint density at radius 1 is 1.25 bits per heavy atom. The molecule has 1 N–H and O–H groups in total. The van der Waals surface area contributed by atoms with E-state index in [0.717, 1.165) is 11.3 Å². The van der Waals surface area contributed by atoms with E-state index in [1.54, 1.807) is 25.1 Å². The van der Waals surface area contributed by atoms with Crippen molar-refractivity contribution in [3.63, 3.8) is 0 Å². The third kappa shape index (κ3) is 3.24. The molecular formula is C15H13N7O2. The summed E-state index contributed by atoms with van der Waals surface area (Å²) in [5.74, 6) is 0. The number of nitrogens with one attached hydrogen (secondary N) is 1. The number of hydrazone groups is 1. The van der Waals surface area contributed by atoms with Crippen molar-refractivity contribution in [2.75, 3.05) is 5.43 Å². The maximum Gasteiger partial charge on any atom is 0.294 e. The maximum absolute atomic E-state index is 11.0. The molecule has 0 aliphatic heterocycles. The molecule has 0 aliphatic carbocycles. The molecule has 9 nitrogen and oxygen atoms in total. The van der Waals surface area contributed by atoms with Gasteiger partial charge in [-0.15, -0.1) is 5.10 Å². The number of nitro groups is 1. The van der Waals surface area contributed by atoms with Crippen LogP contribution in [-0.2, 0) is 0 Å². The Labute approximate surface area is 136 Å². The molecular weight excluding hydrogens is 310 g/mol. The summed E-state index contributed by atoms with van der Waals surface area (Å²) in [5, 5.41) is 26.3. The van der Waals surface area contributed by atoms with Gasteiger partial charge in [0.2, 0.25) is 0 Å². The molecule has 3 rings (SSSR count). The van der Waals surface area contributed by atoms with E-state index in [4.69, 9.17) is 0 Å². The van der Waals surface area contributed by atoms with Crippen LogP contribution in [-0.4, -0.2) is 30.8 Å². The summed E-state index contributed by atoms with van der Waals surface area (Å²) in [7, 11) is 0. The summed E-state index contributed by atoms with van der Waals surface area (Å²) in [6.07, 6.45) is 1.50. The molecule has 0 amide bonds. The molecule has 0 saturated heterocycles. The van der Waals surface area contributed by atoms with Crippen LogP contribution in [0.1, 0.15) is 12.5 Å². The van der Waals surface area contributed by atoms with Gasteiger partial charge in [-0.05, 0) is 41.1 Å². The second-order valence-electron chi connectivity index (χ2n) is 4.89. The molecule has 0 saturated carbocycles. The number of benzene rings is 2. The summed E-state index contributed by atoms with van der Waals surface area (Å²) in [4.78, 5) is 10.6. The molecule has 0 atom stereocenters. The van der Waals surface area contributed by atoms with Crippen LogP contribution in [0.5, 0.6) is 0 Å². The standard InChI is InChI=1S/C15H13N7O2/c1-11(17-18-14-7-2-3-8-15(14)22(23)24)12-5-4-6-13(9-12)21-10-16-19-20-21/h2-10,18H,1H3/b17-11-. The van der Waals surface area contributed by atoms with Crippen LogP contribution in [0.2, 0.25) is 0 Å². The Balaban J connectivity index is 1.85. The molecule has 24 heavy (non-hydrogen) atoms. The van der Waals surface area contributed by atoms with E-state index in [-0.39, 0.29) is 5.69 Å². The smallest absolute Gasteiger partial charge is 0.271 e. The predicted octanol–water partition coefficient (Wildman–Crippen LogP) is 2.41. The molecule has 9 heteroatoms. The van der Waals surface area contributed by atoms with Crippen molar-refractivity contribution in [1.82, 2.24) is 20.2 Å². The number of hydrogen-bond acceptors (Lipinski definition) is 7. The first-order valence-electron chi connectivity index (χ1n) is 7.02. The highest BCUT2D eigenvalue weighted by atomic mass is 16.6. The second-order valence-corrected chi connectivity index (χ2v) is 4.89. The number of tetrazole rings is 1. The quantitative estimate of drug-likeness (QED) is 0.438. The summed E-state index contributed by atoms with van der Waals surface area (Å²) in [5.41, 5.74) is 5.35. The average Bonchev–Trinajstić information content (AvgIpc) is 3.14. The lowest BCUT2D eigenvalue weighted by Crippen LogP contribution is -2.03. The Bertz CT molecular complexity index is 890. The zero-order valence-electron chi connectivity index (χ0n) is 12.7. The second kappa shape index (κ2) is 6.65. The molecule has 0 fully saturated rings. The number of nitro benzene ring substituents is 1. The predicted molar refractivity (Wildman–Crippen MR) is 88.1 cm³/mol. The van der Waals surface area contributed by atoms with E-state index >= 15 is 0 Å². The molecule has 1 aromatic heterocycles. The molecule has 0 unspecified atom stereocenters. The van der Waals surface area contributed by atoms with Crippen LogP contribution >= 0.6 is 0 Å². The third-order valence-corrected chi connectivity index (χ3v) is 3.32. The molecule has 1 heterocycles. The lowest BCUT2D eigenvalue weighted by atomic mass is 10.1. The van der Waals surface area contributed by atoms with Gasteiger partial charge in [0.15, 0.2) is 0 Å². The molecule has 0 spiro atoms. The van der Waals surface area contributed by atoms with Crippen LogP contribution in [0.4, 0.5) is 11.4 Å². The molecule has 2 aromatic carbocycles. The molecule has 3 aromatic rings. The Morgan fingerprint density at radius 3 is 2.83 bits per heavy atom. The topological polar surface area (TPSA) is 111 Å². The zero-order chi connectivity index (χ0) is 16.9. The van der Waals surface area contributed by atoms with E-state index in [2.05, 4.69) is 26.1 Å². The fourth-order valence-electron chi connectivity index (χ4n) is 2.09. The molecule has 0 radical (unpaired) electrons. The largest absolute Gasteiger partial charge is 0.294 e. The Morgan fingerprint density at radius 2 is 2.08 bits per heavy atom. The van der Waals surface area contributed by atoms with Crippen LogP contribution in [0.25, 0.3) is 5.69 Å². The molecule has 0 bridgehead atoms. The van der Waals surface area contributed by atoms with Gasteiger partial charge in [0.25, 0.3) is 5.69 Å². The number of rotatable bonds is 5. The van der Waals surface area contributed by atoms with E-state index in [1.165, 1.54) is 17.1 Å². The van der Waals surface area contributed by atoms with Crippen molar-refractivity contribution in [1.29, 1.82) is 0 Å². The van der Waals surface area contributed by atoms with Gasteiger partial charge in [0.05, 0.1) is 16.3 Å². The van der Waals surface area contributed by atoms with Gasteiger partial charge >= 0.3 is 0 Å². The van der Waals surface area contributed by atoms with Gasteiger partial charge < -0.3 is 0 Å². The minimum Gasteiger partial charge on any atom is -0.271 e. The summed E-state index contributed by atoms with van der Waals surface area (Å²) in [6.45, 7) is 1.81. The van der Waals surface area contributed by atoms with Gasteiger partial charge in [-0.2, -0.15) is 5.10 Å². The highest BCUT2D eigenvalue weighted by molar-refractivity contribution is 5.99. The first-order chi connectivity index (χ1) is 11.6. The highest BCUT2D eigenvalue weighted by Crippen LogP contribution is 2.23. The van der Waals surface area contributed by atoms with E-state index in [1.807, 2.05) is 24.3 Å². The van der Waals surface area contributed by atoms with Crippen LogP contribution in [0.3, 0.4) is 0 Å². The number of anilines is 1. The highest BCUT2D eigenvalue weighted by Gasteiger charge is 2.11. The lowest BCUT2D eigenvalue weighted by Gasteiger charge is -2.06. The SMILES string of the molecule is C/C(=N/Nc1ccccc1[N+](=O)[O-])c1cccc(-n2cnnn2)c1. The number of hydrogen-bond donors (Lipinski definition) is 1. The average molecular weight is 323 g/mol. The van der Waals surface area contributed by atoms with Crippen molar-refractivity contribution < 1.29 is 4.92 Å².